The fourth-order valence-electron chi connectivity index (χ4n) is 4.36. The fraction of sp³-hybridized carbons (Fsp3) is 0.889. The average molecular weight is 409 g/mol. The Labute approximate surface area is 182 Å². The lowest BCUT2D eigenvalue weighted by atomic mass is 9.91. The minimum Gasteiger partial charge on any atom is -0.478 e. The van der Waals surface area contributed by atoms with Gasteiger partial charge >= 0.3 is 5.97 Å². The van der Waals surface area contributed by atoms with Gasteiger partial charge in [-0.25, -0.2) is 4.79 Å². The van der Waals surface area contributed by atoms with Crippen LogP contribution in [0.2, 0.25) is 0 Å². The van der Waals surface area contributed by atoms with Crippen molar-refractivity contribution in [2.75, 3.05) is 0 Å². The lowest BCUT2D eigenvalue weighted by Crippen LogP contribution is -2.04. The van der Waals surface area contributed by atoms with E-state index < -0.39 is 5.97 Å². The van der Waals surface area contributed by atoms with E-state index in [0.29, 0.717) is 17.4 Å². The maximum atomic E-state index is 10.9. The predicted molar refractivity (Wildman–Crippen MR) is 129 cm³/mol. The molecule has 0 bridgehead atoms. The number of carboxylic acids is 1. The molecule has 0 saturated carbocycles. The summed E-state index contributed by atoms with van der Waals surface area (Å²) in [4.78, 5) is 10.9. The Hall–Kier alpha value is -0.790. The van der Waals surface area contributed by atoms with Crippen molar-refractivity contribution in [1.82, 2.24) is 0 Å². The predicted octanol–water partition coefficient (Wildman–Crippen LogP) is 9.33. The fourth-order valence-corrected chi connectivity index (χ4v) is 4.36. The van der Waals surface area contributed by atoms with Gasteiger partial charge in [-0.05, 0) is 25.2 Å². The quantitative estimate of drug-likeness (QED) is 0.152. The molecule has 29 heavy (non-hydrogen) atoms. The zero-order valence-electron chi connectivity index (χ0n) is 20.3. The molecule has 2 heteroatoms. The van der Waals surface area contributed by atoms with E-state index in [9.17, 15) is 4.79 Å². The molecular weight excluding hydrogens is 356 g/mol. The molecule has 0 unspecified atom stereocenters. The van der Waals surface area contributed by atoms with Crippen LogP contribution in [-0.2, 0) is 4.79 Å². The molecule has 0 aromatic heterocycles. The first-order valence-electron chi connectivity index (χ1n) is 12.9. The van der Waals surface area contributed by atoms with Crippen LogP contribution >= 0.6 is 0 Å². The molecule has 0 aliphatic heterocycles. The molecule has 0 heterocycles. The summed E-state index contributed by atoms with van der Waals surface area (Å²) in [7, 11) is 0. The molecule has 1 N–H and O–H groups in total. The molecule has 0 aromatic rings. The Bertz CT molecular complexity index is 399. The number of carboxylic acid groups (broad SMARTS) is 1. The number of hydrogen-bond donors (Lipinski definition) is 1. The molecule has 0 saturated heterocycles. The van der Waals surface area contributed by atoms with E-state index >= 15 is 0 Å². The second-order valence-electron chi connectivity index (χ2n) is 9.56. The smallest absolute Gasteiger partial charge is 0.330 e. The molecule has 172 valence electrons. The second kappa shape index (κ2) is 20.5. The van der Waals surface area contributed by atoms with Crippen LogP contribution < -0.4 is 0 Å². The normalized spacial score (nSPS) is 14.1. The number of carbonyl (C=O) groups is 1. The summed E-state index contributed by atoms with van der Waals surface area (Å²) in [5.74, 6) is 0.263. The number of hydrogen-bond acceptors (Lipinski definition) is 1. The number of aliphatic carboxylic acids is 1. The van der Waals surface area contributed by atoms with E-state index in [-0.39, 0.29) is 0 Å². The maximum Gasteiger partial charge on any atom is 0.330 e. The third kappa shape index (κ3) is 20.3. The largest absolute Gasteiger partial charge is 0.478 e. The van der Waals surface area contributed by atoms with Crippen LogP contribution in [0.15, 0.2) is 11.6 Å². The first-order valence-corrected chi connectivity index (χ1v) is 12.9. The Balaban J connectivity index is 3.34. The molecule has 0 radical (unpaired) electrons. The number of allylic oxidation sites excluding steroid dienone is 1. The van der Waals surface area contributed by atoms with Crippen LogP contribution in [-0.4, -0.2) is 11.1 Å². The Morgan fingerprint density at radius 3 is 1.48 bits per heavy atom. The Morgan fingerprint density at radius 1 is 0.724 bits per heavy atom. The van der Waals surface area contributed by atoms with Crippen molar-refractivity contribution in [3.8, 4) is 0 Å². The lowest BCUT2D eigenvalue weighted by molar-refractivity contribution is -0.132. The van der Waals surface area contributed by atoms with E-state index in [1.165, 1.54) is 109 Å². The van der Waals surface area contributed by atoms with Crippen LogP contribution in [0.1, 0.15) is 143 Å². The Morgan fingerprint density at radius 2 is 1.10 bits per heavy atom. The zero-order chi connectivity index (χ0) is 21.7. The summed E-state index contributed by atoms with van der Waals surface area (Å²) in [6.45, 7) is 8.43. The summed E-state index contributed by atoms with van der Waals surface area (Å²) in [5.41, 5.74) is 0.479. The maximum absolute atomic E-state index is 10.9. The third-order valence-electron chi connectivity index (χ3n) is 6.20. The van der Waals surface area contributed by atoms with Crippen molar-refractivity contribution < 1.29 is 9.90 Å². The van der Waals surface area contributed by atoms with Crippen molar-refractivity contribution in [3.63, 3.8) is 0 Å². The van der Waals surface area contributed by atoms with Gasteiger partial charge in [0.25, 0.3) is 0 Å². The van der Waals surface area contributed by atoms with Gasteiger partial charge in [-0.1, -0.05) is 136 Å². The molecule has 0 aliphatic carbocycles. The minimum atomic E-state index is -0.790. The Kier molecular flexibility index (Phi) is 19.9. The zero-order valence-corrected chi connectivity index (χ0v) is 20.3. The highest BCUT2D eigenvalue weighted by atomic mass is 16.4. The van der Waals surface area contributed by atoms with Crippen molar-refractivity contribution >= 4 is 5.97 Å². The second-order valence-corrected chi connectivity index (χ2v) is 9.56. The van der Waals surface area contributed by atoms with Crippen molar-refractivity contribution in [3.05, 3.63) is 11.6 Å². The van der Waals surface area contributed by atoms with Gasteiger partial charge in [0.05, 0.1) is 0 Å². The van der Waals surface area contributed by atoms with E-state index in [1.54, 1.807) is 6.92 Å². The summed E-state index contributed by atoms with van der Waals surface area (Å²) >= 11 is 0. The van der Waals surface area contributed by atoms with Crippen molar-refractivity contribution in [1.29, 1.82) is 0 Å². The van der Waals surface area contributed by atoms with Crippen molar-refractivity contribution in [2.45, 2.75) is 143 Å². The van der Waals surface area contributed by atoms with E-state index in [4.69, 9.17) is 5.11 Å². The standard InChI is InChI=1S/C27H52O2/c1-5-6-7-8-9-10-11-12-13-14-15-16-17-18-19-20-21-24(2)22-25(3)23-26(4)27(28)29/h23-25H,5-22H2,1-4H3,(H,28,29)/b26-23+/t24-,25-/m0/s1. The molecule has 2 nitrogen and oxygen atoms in total. The van der Waals surface area contributed by atoms with Crippen LogP contribution in [0.5, 0.6) is 0 Å². The topological polar surface area (TPSA) is 37.3 Å². The number of rotatable bonds is 21. The molecule has 0 rings (SSSR count). The third-order valence-corrected chi connectivity index (χ3v) is 6.20. The van der Waals surface area contributed by atoms with Gasteiger partial charge < -0.3 is 5.11 Å². The SMILES string of the molecule is CCCCCCCCCCCCCCCCCC[C@H](C)C[C@H](C)/C=C(\C)C(=O)O. The molecule has 0 amide bonds. The molecule has 0 spiro atoms. The van der Waals surface area contributed by atoms with Crippen LogP contribution in [0.3, 0.4) is 0 Å². The van der Waals surface area contributed by atoms with Crippen LogP contribution in [0, 0.1) is 11.8 Å². The van der Waals surface area contributed by atoms with Gasteiger partial charge in [0.15, 0.2) is 0 Å². The highest BCUT2D eigenvalue weighted by Gasteiger charge is 2.09. The van der Waals surface area contributed by atoms with Crippen LogP contribution in [0.4, 0.5) is 0 Å². The monoisotopic (exact) mass is 408 g/mol. The molecular formula is C27H52O2. The summed E-state index contributed by atoms with van der Waals surface area (Å²) in [6, 6.07) is 0. The highest BCUT2D eigenvalue weighted by Crippen LogP contribution is 2.21. The van der Waals surface area contributed by atoms with Gasteiger partial charge in [-0.3, -0.25) is 0 Å². The van der Waals surface area contributed by atoms with Crippen molar-refractivity contribution in [2.24, 2.45) is 11.8 Å². The molecule has 2 atom stereocenters. The van der Waals surface area contributed by atoms with E-state index in [1.807, 2.05) is 6.08 Å². The molecule has 0 aliphatic rings. The summed E-state index contributed by atoms with van der Waals surface area (Å²) in [6.07, 6.45) is 27.0. The minimum absolute atomic E-state index is 0.363. The van der Waals surface area contributed by atoms with Gasteiger partial charge in [0.2, 0.25) is 0 Å². The van der Waals surface area contributed by atoms with Gasteiger partial charge in [-0.15, -0.1) is 0 Å². The number of unbranched alkanes of at least 4 members (excludes halogenated alkanes) is 15. The van der Waals surface area contributed by atoms with Gasteiger partial charge in [-0.2, -0.15) is 0 Å². The van der Waals surface area contributed by atoms with Crippen LogP contribution in [0.25, 0.3) is 0 Å². The summed E-state index contributed by atoms with van der Waals surface area (Å²) in [5, 5.41) is 8.96. The lowest BCUT2D eigenvalue weighted by Gasteiger charge is -2.15. The van der Waals surface area contributed by atoms with Gasteiger partial charge in [0.1, 0.15) is 0 Å². The molecule has 0 aromatic carbocycles. The first-order chi connectivity index (χ1) is 14.0. The van der Waals surface area contributed by atoms with E-state index in [0.717, 1.165) is 6.42 Å². The van der Waals surface area contributed by atoms with Gasteiger partial charge in [0, 0.05) is 5.57 Å². The van der Waals surface area contributed by atoms with E-state index in [2.05, 4.69) is 20.8 Å². The summed E-state index contributed by atoms with van der Waals surface area (Å²) < 4.78 is 0. The average Bonchev–Trinajstić information content (AvgIpc) is 2.67. The highest BCUT2D eigenvalue weighted by molar-refractivity contribution is 5.85. The first kappa shape index (κ1) is 28.2. The molecule has 0 fully saturated rings.